The quantitative estimate of drug-likeness (QED) is 0.631. The van der Waals surface area contributed by atoms with Gasteiger partial charge in [-0.15, -0.1) is 11.3 Å². The van der Waals surface area contributed by atoms with E-state index in [-0.39, 0.29) is 0 Å². The number of nitrogens with one attached hydrogen (secondary N) is 2. The van der Waals surface area contributed by atoms with Crippen molar-refractivity contribution in [3.05, 3.63) is 17.5 Å². The number of hydrogen-bond acceptors (Lipinski definition) is 4. The summed E-state index contributed by atoms with van der Waals surface area (Å²) < 4.78 is 6.05. The smallest absolute Gasteiger partial charge is 0.191 e. The molecule has 3 heterocycles. The zero-order valence-electron chi connectivity index (χ0n) is 15.6. The Kier molecular flexibility index (Phi) is 4.36. The molecule has 5 rings (SSSR count). The SMILES string of the molecule is CN=C(NC1CCN(c2cccs2)CC1)NC1C2CCOC2C12CCC2. The minimum absolute atomic E-state index is 0.404. The van der Waals surface area contributed by atoms with Crippen LogP contribution in [0.3, 0.4) is 0 Å². The molecular formula is C20H30N4OS. The molecule has 2 N–H and O–H groups in total. The zero-order valence-corrected chi connectivity index (χ0v) is 16.4. The maximum atomic E-state index is 6.05. The molecule has 3 atom stereocenters. The lowest BCUT2D eigenvalue weighted by Crippen LogP contribution is -2.72. The van der Waals surface area contributed by atoms with Crippen molar-refractivity contribution in [2.24, 2.45) is 16.3 Å². The summed E-state index contributed by atoms with van der Waals surface area (Å²) in [5.74, 6) is 1.69. The van der Waals surface area contributed by atoms with Crippen molar-refractivity contribution in [3.63, 3.8) is 0 Å². The van der Waals surface area contributed by atoms with Crippen LogP contribution in [0.4, 0.5) is 5.00 Å². The molecule has 142 valence electrons. The molecule has 2 saturated carbocycles. The van der Waals surface area contributed by atoms with Gasteiger partial charge in [0, 0.05) is 50.2 Å². The van der Waals surface area contributed by atoms with Crippen LogP contribution in [-0.4, -0.2) is 50.9 Å². The summed E-state index contributed by atoms with van der Waals surface area (Å²) >= 11 is 1.84. The molecule has 3 unspecified atom stereocenters. The predicted octanol–water partition coefficient (Wildman–Crippen LogP) is 2.84. The Bertz CT molecular complexity index is 649. The van der Waals surface area contributed by atoms with Crippen molar-refractivity contribution in [1.82, 2.24) is 10.6 Å². The second-order valence-electron chi connectivity index (χ2n) is 8.38. The van der Waals surface area contributed by atoms with Gasteiger partial charge in [-0.25, -0.2) is 0 Å². The van der Waals surface area contributed by atoms with Crippen molar-refractivity contribution in [1.29, 1.82) is 0 Å². The topological polar surface area (TPSA) is 48.9 Å². The number of nitrogens with zero attached hydrogens (tertiary/aromatic N) is 2. The second-order valence-corrected chi connectivity index (χ2v) is 9.31. The van der Waals surface area contributed by atoms with E-state index in [4.69, 9.17) is 4.74 Å². The molecule has 0 radical (unpaired) electrons. The third-order valence-electron chi connectivity index (χ3n) is 7.21. The number of hydrogen-bond donors (Lipinski definition) is 2. The van der Waals surface area contributed by atoms with Gasteiger partial charge in [0.25, 0.3) is 0 Å². The van der Waals surface area contributed by atoms with E-state index in [1.165, 1.54) is 43.5 Å². The Labute approximate surface area is 160 Å². The average molecular weight is 375 g/mol. The molecule has 2 aliphatic heterocycles. The number of anilines is 1. The van der Waals surface area contributed by atoms with Gasteiger partial charge in [0.2, 0.25) is 0 Å². The molecule has 26 heavy (non-hydrogen) atoms. The normalized spacial score (nSPS) is 33.5. The molecule has 4 fully saturated rings. The third-order valence-corrected chi connectivity index (χ3v) is 8.13. The second kappa shape index (κ2) is 6.71. The van der Waals surface area contributed by atoms with Crippen LogP contribution in [0, 0.1) is 11.3 Å². The molecule has 6 heteroatoms. The third kappa shape index (κ3) is 2.64. The Morgan fingerprint density at radius 1 is 1.27 bits per heavy atom. The summed E-state index contributed by atoms with van der Waals surface area (Å²) in [5, 5.41) is 11.1. The van der Waals surface area contributed by atoms with E-state index in [1.807, 2.05) is 18.4 Å². The molecule has 5 nitrogen and oxygen atoms in total. The molecule has 2 saturated heterocycles. The van der Waals surface area contributed by atoms with Gasteiger partial charge < -0.3 is 20.3 Å². The molecule has 0 amide bonds. The minimum atomic E-state index is 0.404. The summed E-state index contributed by atoms with van der Waals surface area (Å²) in [6.45, 7) is 3.20. The Morgan fingerprint density at radius 2 is 2.12 bits per heavy atom. The highest BCUT2D eigenvalue weighted by Gasteiger charge is 2.66. The fraction of sp³-hybridized carbons (Fsp3) is 0.750. The maximum absolute atomic E-state index is 6.05. The molecular weight excluding hydrogens is 344 g/mol. The lowest BCUT2D eigenvalue weighted by atomic mass is 9.46. The van der Waals surface area contributed by atoms with Gasteiger partial charge in [0.05, 0.1) is 11.1 Å². The van der Waals surface area contributed by atoms with Gasteiger partial charge in [-0.05, 0) is 49.6 Å². The van der Waals surface area contributed by atoms with Crippen LogP contribution in [0.25, 0.3) is 0 Å². The Balaban J connectivity index is 1.17. The van der Waals surface area contributed by atoms with Crippen LogP contribution in [0.5, 0.6) is 0 Å². The van der Waals surface area contributed by atoms with Crippen LogP contribution in [0.2, 0.25) is 0 Å². The van der Waals surface area contributed by atoms with Crippen LogP contribution >= 0.6 is 11.3 Å². The standard InChI is InChI=1S/C20H30N4OS/c1-21-19(22-14-5-10-24(11-6-14)16-4-2-13-26-16)23-17-15-7-12-25-18(15)20(17)8-3-9-20/h2,4,13-15,17-18H,3,5-12H2,1H3,(H2,21,22,23). The van der Waals surface area contributed by atoms with E-state index in [9.17, 15) is 0 Å². The van der Waals surface area contributed by atoms with Gasteiger partial charge in [0.1, 0.15) is 0 Å². The summed E-state index contributed by atoms with van der Waals surface area (Å²) in [4.78, 5) is 7.06. The van der Waals surface area contributed by atoms with Gasteiger partial charge >= 0.3 is 0 Å². The predicted molar refractivity (Wildman–Crippen MR) is 107 cm³/mol. The van der Waals surface area contributed by atoms with E-state index >= 15 is 0 Å². The fourth-order valence-corrected chi connectivity index (χ4v) is 6.45. The minimum Gasteiger partial charge on any atom is -0.377 e. The van der Waals surface area contributed by atoms with Crippen molar-refractivity contribution in [3.8, 4) is 0 Å². The molecule has 0 bridgehead atoms. The molecule has 4 aliphatic rings. The molecule has 0 aromatic carbocycles. The molecule has 1 spiro atoms. The zero-order chi connectivity index (χ0) is 17.6. The first-order chi connectivity index (χ1) is 12.8. The largest absolute Gasteiger partial charge is 0.377 e. The first-order valence-electron chi connectivity index (χ1n) is 10.2. The fourth-order valence-electron chi connectivity index (χ4n) is 5.66. The number of thiophene rings is 1. The first kappa shape index (κ1) is 16.9. The van der Waals surface area contributed by atoms with Gasteiger partial charge in [-0.3, -0.25) is 4.99 Å². The van der Waals surface area contributed by atoms with Gasteiger partial charge in [-0.1, -0.05) is 6.42 Å². The summed E-state index contributed by atoms with van der Waals surface area (Å²) in [6.07, 6.45) is 8.07. The molecule has 1 aromatic rings. The maximum Gasteiger partial charge on any atom is 0.191 e. The van der Waals surface area contributed by atoms with E-state index in [1.54, 1.807) is 0 Å². The number of piperidine rings is 1. The monoisotopic (exact) mass is 374 g/mol. The van der Waals surface area contributed by atoms with Crippen LogP contribution in [-0.2, 0) is 4.74 Å². The van der Waals surface area contributed by atoms with Crippen molar-refractivity contribution >= 4 is 22.3 Å². The van der Waals surface area contributed by atoms with E-state index in [0.717, 1.165) is 25.7 Å². The van der Waals surface area contributed by atoms with Gasteiger partial charge in [-0.2, -0.15) is 0 Å². The lowest BCUT2D eigenvalue weighted by Gasteiger charge is -2.63. The molecule has 1 aromatic heterocycles. The summed E-state index contributed by atoms with van der Waals surface area (Å²) in [5.41, 5.74) is 0.404. The Hall–Kier alpha value is -1.27. The van der Waals surface area contributed by atoms with E-state index in [0.29, 0.717) is 29.5 Å². The number of ether oxygens (including phenoxy) is 1. The number of aliphatic imine (C=N–C) groups is 1. The lowest BCUT2D eigenvalue weighted by molar-refractivity contribution is -0.171. The highest BCUT2D eigenvalue weighted by Crippen LogP contribution is 2.62. The highest BCUT2D eigenvalue weighted by molar-refractivity contribution is 7.14. The number of fused-ring (bicyclic) bond motifs is 2. The highest BCUT2D eigenvalue weighted by atomic mass is 32.1. The number of rotatable bonds is 3. The van der Waals surface area contributed by atoms with Crippen molar-refractivity contribution in [2.75, 3.05) is 31.6 Å². The average Bonchev–Trinajstić information content (AvgIpc) is 3.29. The van der Waals surface area contributed by atoms with Crippen LogP contribution < -0.4 is 15.5 Å². The van der Waals surface area contributed by atoms with E-state index in [2.05, 4.69) is 38.0 Å². The van der Waals surface area contributed by atoms with Crippen LogP contribution in [0.15, 0.2) is 22.5 Å². The van der Waals surface area contributed by atoms with Gasteiger partial charge in [0.15, 0.2) is 5.96 Å². The van der Waals surface area contributed by atoms with Crippen molar-refractivity contribution < 1.29 is 4.74 Å². The first-order valence-corrected chi connectivity index (χ1v) is 11.1. The Morgan fingerprint density at radius 3 is 2.77 bits per heavy atom. The van der Waals surface area contributed by atoms with E-state index < -0.39 is 0 Å². The molecule has 2 aliphatic carbocycles. The number of guanidine groups is 1. The van der Waals surface area contributed by atoms with Crippen LogP contribution in [0.1, 0.15) is 38.5 Å². The van der Waals surface area contributed by atoms with Crippen molar-refractivity contribution in [2.45, 2.75) is 56.7 Å². The summed E-state index contributed by atoms with van der Waals surface area (Å²) in [6, 6.07) is 5.45. The summed E-state index contributed by atoms with van der Waals surface area (Å²) in [7, 11) is 1.91.